The second-order valence-electron chi connectivity index (χ2n) is 8.84. The van der Waals surface area contributed by atoms with Crippen LogP contribution in [-0.2, 0) is 16.0 Å². The molecule has 2 amide bonds. The number of aromatic amines is 1. The van der Waals surface area contributed by atoms with Crippen LogP contribution in [-0.4, -0.2) is 45.7 Å². The summed E-state index contributed by atoms with van der Waals surface area (Å²) >= 11 is 0. The van der Waals surface area contributed by atoms with Crippen molar-refractivity contribution in [1.29, 1.82) is 0 Å². The highest BCUT2D eigenvalue weighted by Gasteiger charge is 2.47. The number of para-hydroxylation sites is 1. The smallest absolute Gasteiger partial charge is 0.246 e. The first-order chi connectivity index (χ1) is 14.5. The topological polar surface area (TPSA) is 56.4 Å². The molecule has 0 saturated carbocycles. The second-order valence-corrected chi connectivity index (χ2v) is 8.84. The summed E-state index contributed by atoms with van der Waals surface area (Å²) < 4.78 is 0. The first kappa shape index (κ1) is 18.9. The molecule has 154 valence electrons. The standard InChI is InChI=1S/C25H27N3O2/c1-16(2)12-13-27-15-22(29)28-21(25(27)30)14-19-18-10-6-7-11-20(18)26-23(19)24(28)17-8-4-3-5-9-17/h3-11,16,21,24,26H,12-15H2,1-2H3/t21-,24-/m0/s1. The molecule has 0 spiro atoms. The van der Waals surface area contributed by atoms with Gasteiger partial charge in [-0.3, -0.25) is 9.59 Å². The number of piperazine rings is 1. The number of benzene rings is 2. The van der Waals surface area contributed by atoms with E-state index < -0.39 is 6.04 Å². The van der Waals surface area contributed by atoms with Gasteiger partial charge in [-0.1, -0.05) is 62.4 Å². The average Bonchev–Trinajstić information content (AvgIpc) is 3.12. The van der Waals surface area contributed by atoms with Gasteiger partial charge < -0.3 is 14.8 Å². The normalized spacial score (nSPS) is 21.3. The van der Waals surface area contributed by atoms with E-state index in [1.165, 1.54) is 0 Å². The Morgan fingerprint density at radius 2 is 1.77 bits per heavy atom. The molecule has 5 nitrogen and oxygen atoms in total. The monoisotopic (exact) mass is 401 g/mol. The number of nitrogens with one attached hydrogen (secondary N) is 1. The first-order valence-corrected chi connectivity index (χ1v) is 10.8. The van der Waals surface area contributed by atoms with Gasteiger partial charge in [0.2, 0.25) is 11.8 Å². The summed E-state index contributed by atoms with van der Waals surface area (Å²) in [5, 5.41) is 1.15. The van der Waals surface area contributed by atoms with E-state index in [1.807, 2.05) is 47.4 Å². The molecule has 2 aromatic carbocycles. The summed E-state index contributed by atoms with van der Waals surface area (Å²) in [4.78, 5) is 34.0. The molecule has 1 N–H and O–H groups in total. The van der Waals surface area contributed by atoms with Crippen molar-refractivity contribution in [2.45, 2.75) is 38.8 Å². The molecular formula is C25H27N3O2. The van der Waals surface area contributed by atoms with Crippen LogP contribution in [0.3, 0.4) is 0 Å². The lowest BCUT2D eigenvalue weighted by Gasteiger charge is -2.47. The molecule has 2 aliphatic heterocycles. The van der Waals surface area contributed by atoms with E-state index in [-0.39, 0.29) is 24.4 Å². The van der Waals surface area contributed by atoms with Gasteiger partial charge in [0, 0.05) is 29.6 Å². The van der Waals surface area contributed by atoms with Gasteiger partial charge in [0.05, 0.1) is 12.6 Å². The summed E-state index contributed by atoms with van der Waals surface area (Å²) in [7, 11) is 0. The van der Waals surface area contributed by atoms with Gasteiger partial charge in [0.15, 0.2) is 0 Å². The molecule has 5 heteroatoms. The minimum atomic E-state index is -0.449. The fourth-order valence-electron chi connectivity index (χ4n) is 4.91. The Labute approximate surface area is 176 Å². The highest BCUT2D eigenvalue weighted by molar-refractivity contribution is 5.97. The van der Waals surface area contributed by atoms with Crippen LogP contribution in [0.2, 0.25) is 0 Å². The highest BCUT2D eigenvalue weighted by atomic mass is 16.2. The lowest BCUT2D eigenvalue weighted by atomic mass is 9.86. The summed E-state index contributed by atoms with van der Waals surface area (Å²) in [6.07, 6.45) is 1.47. The van der Waals surface area contributed by atoms with Gasteiger partial charge in [-0.2, -0.15) is 0 Å². The van der Waals surface area contributed by atoms with Crippen molar-refractivity contribution in [1.82, 2.24) is 14.8 Å². The number of hydrogen-bond acceptors (Lipinski definition) is 2. The van der Waals surface area contributed by atoms with Gasteiger partial charge in [0.25, 0.3) is 0 Å². The zero-order chi connectivity index (χ0) is 20.8. The third-order valence-electron chi connectivity index (χ3n) is 6.43. The van der Waals surface area contributed by atoms with Crippen molar-refractivity contribution in [2.75, 3.05) is 13.1 Å². The summed E-state index contributed by atoms with van der Waals surface area (Å²) in [5.74, 6) is 0.600. The predicted molar refractivity (Wildman–Crippen MR) is 117 cm³/mol. The largest absolute Gasteiger partial charge is 0.356 e. The Morgan fingerprint density at radius 3 is 2.53 bits per heavy atom. The zero-order valence-electron chi connectivity index (χ0n) is 17.5. The maximum atomic E-state index is 13.5. The molecular weight excluding hydrogens is 374 g/mol. The van der Waals surface area contributed by atoms with E-state index in [1.54, 1.807) is 4.90 Å². The quantitative estimate of drug-likeness (QED) is 0.721. The van der Waals surface area contributed by atoms with Crippen LogP contribution >= 0.6 is 0 Å². The Hall–Kier alpha value is -3.08. The number of fused-ring (bicyclic) bond motifs is 4. The fraction of sp³-hybridized carbons (Fsp3) is 0.360. The average molecular weight is 402 g/mol. The Balaban J connectivity index is 1.63. The second kappa shape index (κ2) is 7.31. The van der Waals surface area contributed by atoms with E-state index in [4.69, 9.17) is 0 Å². The predicted octanol–water partition coefficient (Wildman–Crippen LogP) is 3.90. The lowest BCUT2D eigenvalue weighted by molar-refractivity contribution is -0.158. The number of carbonyl (C=O) groups is 2. The third kappa shape index (κ3) is 3.00. The zero-order valence-corrected chi connectivity index (χ0v) is 17.5. The van der Waals surface area contributed by atoms with Crippen molar-refractivity contribution in [3.05, 3.63) is 71.4 Å². The molecule has 0 aliphatic carbocycles. The maximum Gasteiger partial charge on any atom is 0.246 e. The van der Waals surface area contributed by atoms with Crippen LogP contribution in [0.4, 0.5) is 0 Å². The van der Waals surface area contributed by atoms with Gasteiger partial charge in [-0.25, -0.2) is 0 Å². The number of nitrogens with zero attached hydrogens (tertiary/aromatic N) is 2. The van der Waals surface area contributed by atoms with Gasteiger partial charge in [-0.05, 0) is 29.5 Å². The van der Waals surface area contributed by atoms with E-state index in [2.05, 4.69) is 31.0 Å². The molecule has 0 radical (unpaired) electrons. The van der Waals surface area contributed by atoms with Gasteiger partial charge >= 0.3 is 0 Å². The van der Waals surface area contributed by atoms with Gasteiger partial charge in [-0.15, -0.1) is 0 Å². The Morgan fingerprint density at radius 1 is 1.03 bits per heavy atom. The van der Waals surface area contributed by atoms with E-state index in [0.717, 1.165) is 34.1 Å². The van der Waals surface area contributed by atoms with E-state index in [0.29, 0.717) is 18.9 Å². The summed E-state index contributed by atoms with van der Waals surface area (Å²) in [6, 6.07) is 17.6. The van der Waals surface area contributed by atoms with E-state index in [9.17, 15) is 9.59 Å². The number of hydrogen-bond donors (Lipinski definition) is 1. The molecule has 3 aromatic rings. The van der Waals surface area contributed by atoms with Crippen molar-refractivity contribution in [3.8, 4) is 0 Å². The lowest BCUT2D eigenvalue weighted by Crippen LogP contribution is -2.63. The molecule has 1 saturated heterocycles. The highest BCUT2D eigenvalue weighted by Crippen LogP contribution is 2.42. The van der Waals surface area contributed by atoms with Crippen molar-refractivity contribution in [2.24, 2.45) is 5.92 Å². The number of aromatic nitrogens is 1. The third-order valence-corrected chi connectivity index (χ3v) is 6.43. The number of rotatable bonds is 4. The minimum absolute atomic E-state index is 0.0292. The van der Waals surface area contributed by atoms with Crippen LogP contribution in [0, 0.1) is 5.92 Å². The molecule has 2 aliphatic rings. The molecule has 1 fully saturated rings. The summed E-state index contributed by atoms with van der Waals surface area (Å²) in [6.45, 7) is 5.10. The molecule has 0 unspecified atom stereocenters. The first-order valence-electron chi connectivity index (χ1n) is 10.8. The molecule has 3 heterocycles. The van der Waals surface area contributed by atoms with Crippen LogP contribution in [0.25, 0.3) is 10.9 Å². The fourth-order valence-corrected chi connectivity index (χ4v) is 4.91. The number of H-pyrrole nitrogens is 1. The molecule has 0 bridgehead atoms. The van der Waals surface area contributed by atoms with Crippen LogP contribution in [0.1, 0.15) is 43.1 Å². The van der Waals surface area contributed by atoms with Crippen molar-refractivity contribution < 1.29 is 9.59 Å². The van der Waals surface area contributed by atoms with Crippen molar-refractivity contribution in [3.63, 3.8) is 0 Å². The van der Waals surface area contributed by atoms with Crippen LogP contribution in [0.5, 0.6) is 0 Å². The maximum absolute atomic E-state index is 13.5. The Bertz CT molecular complexity index is 1100. The van der Waals surface area contributed by atoms with Crippen LogP contribution < -0.4 is 0 Å². The SMILES string of the molecule is CC(C)CCN1CC(=O)N2[C@@H](c3ccccc3)c3[nH]c4ccccc4c3C[C@H]2C1=O. The number of carbonyl (C=O) groups excluding carboxylic acids is 2. The van der Waals surface area contributed by atoms with Gasteiger partial charge in [0.1, 0.15) is 6.04 Å². The summed E-state index contributed by atoms with van der Waals surface area (Å²) in [5.41, 5.74) is 4.29. The molecule has 30 heavy (non-hydrogen) atoms. The molecule has 1 aromatic heterocycles. The molecule has 5 rings (SSSR count). The van der Waals surface area contributed by atoms with Crippen LogP contribution in [0.15, 0.2) is 54.6 Å². The Kier molecular flexibility index (Phi) is 4.61. The minimum Gasteiger partial charge on any atom is -0.356 e. The number of amides is 2. The molecule has 2 atom stereocenters. The van der Waals surface area contributed by atoms with E-state index >= 15 is 0 Å². The van der Waals surface area contributed by atoms with Crippen molar-refractivity contribution >= 4 is 22.7 Å².